The first kappa shape index (κ1) is 14.9. The van der Waals surface area contributed by atoms with Gasteiger partial charge in [0.2, 0.25) is 0 Å². The fraction of sp³-hybridized carbons (Fsp3) is 0.0625. The van der Waals surface area contributed by atoms with E-state index in [1.165, 1.54) is 6.20 Å². The van der Waals surface area contributed by atoms with Gasteiger partial charge in [-0.3, -0.25) is 0 Å². The largest absolute Gasteiger partial charge is 0.506 e. The molecule has 2 amide bonds. The van der Waals surface area contributed by atoms with Crippen LogP contribution in [0.25, 0.3) is 6.08 Å². The smallest absolute Gasteiger partial charge is 0.323 e. The first-order chi connectivity index (χ1) is 10.0. The van der Waals surface area contributed by atoms with E-state index in [0.29, 0.717) is 10.7 Å². The zero-order chi connectivity index (χ0) is 15.2. The average molecular weight is 303 g/mol. The Hall–Kier alpha value is -2.46. The normalized spacial score (nSPS) is 10.6. The third-order valence-electron chi connectivity index (χ3n) is 2.76. The van der Waals surface area contributed by atoms with Crippen molar-refractivity contribution in [2.24, 2.45) is 0 Å². The number of phenolic OH excluding ortho intramolecular Hbond substituents is 1. The minimum Gasteiger partial charge on any atom is -0.506 e. The van der Waals surface area contributed by atoms with E-state index in [1.807, 2.05) is 19.1 Å². The molecule has 0 atom stereocenters. The van der Waals surface area contributed by atoms with Crippen LogP contribution in [0.15, 0.2) is 48.7 Å². The van der Waals surface area contributed by atoms with Crippen molar-refractivity contribution in [3.05, 3.63) is 64.8 Å². The molecule has 0 aliphatic heterocycles. The summed E-state index contributed by atoms with van der Waals surface area (Å²) >= 11 is 5.78. The second-order valence-corrected chi connectivity index (χ2v) is 4.94. The lowest BCUT2D eigenvalue weighted by molar-refractivity contribution is 0.255. The number of amides is 2. The molecule has 0 aliphatic carbocycles. The second kappa shape index (κ2) is 6.81. The summed E-state index contributed by atoms with van der Waals surface area (Å²) in [4.78, 5) is 11.7. The van der Waals surface area contributed by atoms with Crippen LogP contribution in [0.1, 0.15) is 11.1 Å². The summed E-state index contributed by atoms with van der Waals surface area (Å²) in [5.74, 6) is 0.0341. The number of aromatic hydroxyl groups is 1. The van der Waals surface area contributed by atoms with Crippen molar-refractivity contribution in [3.63, 3.8) is 0 Å². The Labute approximate surface area is 128 Å². The number of hydrogen-bond donors (Lipinski definition) is 3. The Bertz CT molecular complexity index is 666. The minimum atomic E-state index is -0.431. The van der Waals surface area contributed by atoms with Gasteiger partial charge in [0.15, 0.2) is 0 Å². The van der Waals surface area contributed by atoms with Crippen LogP contribution >= 0.6 is 11.6 Å². The molecule has 21 heavy (non-hydrogen) atoms. The summed E-state index contributed by atoms with van der Waals surface area (Å²) in [5, 5.41) is 15.5. The summed E-state index contributed by atoms with van der Waals surface area (Å²) in [6.07, 6.45) is 3.26. The SMILES string of the molecule is Cc1ccc(NC(=O)N/C=C/c2ccc(Cl)cc2)c(O)c1. The summed E-state index contributed by atoms with van der Waals surface area (Å²) in [7, 11) is 0. The molecule has 0 saturated carbocycles. The number of carbonyl (C=O) groups is 1. The summed E-state index contributed by atoms with van der Waals surface area (Å²) in [6.45, 7) is 1.86. The number of nitrogens with one attached hydrogen (secondary N) is 2. The highest BCUT2D eigenvalue weighted by Gasteiger charge is 2.04. The van der Waals surface area contributed by atoms with Gasteiger partial charge >= 0.3 is 6.03 Å². The molecule has 0 fully saturated rings. The molecule has 0 heterocycles. The van der Waals surface area contributed by atoms with Gasteiger partial charge in [-0.1, -0.05) is 29.8 Å². The van der Waals surface area contributed by atoms with E-state index in [2.05, 4.69) is 10.6 Å². The van der Waals surface area contributed by atoms with Gasteiger partial charge in [0.1, 0.15) is 5.75 Å². The van der Waals surface area contributed by atoms with Gasteiger partial charge in [-0.05, 0) is 48.4 Å². The van der Waals surface area contributed by atoms with Crippen LogP contribution in [0, 0.1) is 6.92 Å². The van der Waals surface area contributed by atoms with E-state index in [4.69, 9.17) is 11.6 Å². The first-order valence-corrected chi connectivity index (χ1v) is 6.71. The lowest BCUT2D eigenvalue weighted by Gasteiger charge is -2.07. The average Bonchev–Trinajstić information content (AvgIpc) is 2.44. The maximum absolute atomic E-state index is 11.7. The highest BCUT2D eigenvalue weighted by Crippen LogP contribution is 2.23. The number of urea groups is 1. The lowest BCUT2D eigenvalue weighted by Crippen LogP contribution is -2.23. The van der Waals surface area contributed by atoms with E-state index in [-0.39, 0.29) is 5.75 Å². The molecule has 2 rings (SSSR count). The van der Waals surface area contributed by atoms with Gasteiger partial charge in [-0.15, -0.1) is 0 Å². The standard InChI is InChI=1S/C16H15ClN2O2/c1-11-2-7-14(15(20)10-11)19-16(21)18-9-8-12-3-5-13(17)6-4-12/h2-10,20H,1H3,(H2,18,19,21)/b9-8+. The molecule has 2 aromatic carbocycles. The molecule has 4 nitrogen and oxygen atoms in total. The molecule has 108 valence electrons. The van der Waals surface area contributed by atoms with Crippen LogP contribution in [-0.2, 0) is 0 Å². The minimum absolute atomic E-state index is 0.0341. The molecule has 3 N–H and O–H groups in total. The van der Waals surface area contributed by atoms with E-state index in [9.17, 15) is 9.90 Å². The van der Waals surface area contributed by atoms with Gasteiger partial charge in [-0.25, -0.2) is 4.79 Å². The van der Waals surface area contributed by atoms with Crippen molar-refractivity contribution in [3.8, 4) is 5.75 Å². The number of aryl methyl sites for hydroxylation is 1. The molecule has 2 aromatic rings. The van der Waals surface area contributed by atoms with Gasteiger partial charge < -0.3 is 15.7 Å². The van der Waals surface area contributed by atoms with Crippen LogP contribution in [0.5, 0.6) is 5.75 Å². The molecule has 0 aromatic heterocycles. The predicted molar refractivity (Wildman–Crippen MR) is 85.5 cm³/mol. The predicted octanol–water partition coefficient (Wildman–Crippen LogP) is 4.15. The van der Waals surface area contributed by atoms with Gasteiger partial charge in [-0.2, -0.15) is 0 Å². The highest BCUT2D eigenvalue weighted by molar-refractivity contribution is 6.30. The number of hydrogen-bond acceptors (Lipinski definition) is 2. The Kier molecular flexibility index (Phi) is 4.85. The zero-order valence-corrected chi connectivity index (χ0v) is 12.2. The van der Waals surface area contributed by atoms with E-state index in [1.54, 1.807) is 36.4 Å². The van der Waals surface area contributed by atoms with Crippen LogP contribution in [0.2, 0.25) is 5.02 Å². The molecule has 0 radical (unpaired) electrons. The van der Waals surface area contributed by atoms with Crippen molar-refractivity contribution >= 4 is 29.4 Å². The van der Waals surface area contributed by atoms with Gasteiger partial charge in [0, 0.05) is 11.2 Å². The number of halogens is 1. The molecule has 0 aliphatic rings. The van der Waals surface area contributed by atoms with Crippen LogP contribution < -0.4 is 10.6 Å². The second-order valence-electron chi connectivity index (χ2n) is 4.50. The fourth-order valence-electron chi connectivity index (χ4n) is 1.69. The topological polar surface area (TPSA) is 61.4 Å². The Morgan fingerprint density at radius 1 is 1.19 bits per heavy atom. The summed E-state index contributed by atoms with van der Waals surface area (Å²) in [6, 6.07) is 11.8. The van der Waals surface area contributed by atoms with E-state index in [0.717, 1.165) is 11.1 Å². The van der Waals surface area contributed by atoms with Crippen LogP contribution in [0.4, 0.5) is 10.5 Å². The molecule has 0 spiro atoms. The van der Waals surface area contributed by atoms with Gasteiger partial charge in [0.25, 0.3) is 0 Å². The maximum Gasteiger partial charge on any atom is 0.323 e. The highest BCUT2D eigenvalue weighted by atomic mass is 35.5. The maximum atomic E-state index is 11.7. The molecule has 5 heteroatoms. The van der Waals surface area contributed by atoms with Crippen molar-refractivity contribution < 1.29 is 9.90 Å². The molecular formula is C16H15ClN2O2. The number of phenols is 1. The lowest BCUT2D eigenvalue weighted by atomic mass is 10.2. The van der Waals surface area contributed by atoms with Crippen molar-refractivity contribution in [1.82, 2.24) is 5.32 Å². The van der Waals surface area contributed by atoms with E-state index >= 15 is 0 Å². The number of anilines is 1. The molecule has 0 bridgehead atoms. The van der Waals surface area contributed by atoms with Crippen molar-refractivity contribution in [1.29, 1.82) is 0 Å². The van der Waals surface area contributed by atoms with Crippen LogP contribution in [0.3, 0.4) is 0 Å². The Morgan fingerprint density at radius 3 is 2.57 bits per heavy atom. The van der Waals surface area contributed by atoms with Crippen molar-refractivity contribution in [2.45, 2.75) is 6.92 Å². The number of rotatable bonds is 3. The number of benzene rings is 2. The number of carbonyl (C=O) groups excluding carboxylic acids is 1. The summed E-state index contributed by atoms with van der Waals surface area (Å²) < 4.78 is 0. The van der Waals surface area contributed by atoms with Gasteiger partial charge in [0.05, 0.1) is 5.69 Å². The summed E-state index contributed by atoms with van der Waals surface area (Å²) in [5.41, 5.74) is 2.19. The fourth-order valence-corrected chi connectivity index (χ4v) is 1.82. The molecule has 0 saturated heterocycles. The Balaban J connectivity index is 1.91. The van der Waals surface area contributed by atoms with E-state index < -0.39 is 6.03 Å². The first-order valence-electron chi connectivity index (χ1n) is 6.34. The molecular weight excluding hydrogens is 288 g/mol. The van der Waals surface area contributed by atoms with Crippen LogP contribution in [-0.4, -0.2) is 11.1 Å². The monoisotopic (exact) mass is 302 g/mol. The van der Waals surface area contributed by atoms with Crippen molar-refractivity contribution in [2.75, 3.05) is 5.32 Å². The quantitative estimate of drug-likeness (QED) is 0.746. The zero-order valence-electron chi connectivity index (χ0n) is 11.4. The molecule has 0 unspecified atom stereocenters. The third kappa shape index (κ3) is 4.54. The Morgan fingerprint density at radius 2 is 1.90 bits per heavy atom. The third-order valence-corrected chi connectivity index (χ3v) is 3.01.